The van der Waals surface area contributed by atoms with Gasteiger partial charge in [0.2, 0.25) is 0 Å². The van der Waals surface area contributed by atoms with Gasteiger partial charge in [0.15, 0.2) is 6.79 Å². The third-order valence-electron chi connectivity index (χ3n) is 5.62. The van der Waals surface area contributed by atoms with E-state index in [0.717, 1.165) is 42.1 Å². The molecule has 3 rings (SSSR count). The van der Waals surface area contributed by atoms with Gasteiger partial charge in [-0.2, -0.15) is 0 Å². The molecule has 1 heterocycles. The highest BCUT2D eigenvalue weighted by atomic mass is 16.7. The predicted octanol–water partition coefficient (Wildman–Crippen LogP) is 5.62. The van der Waals surface area contributed by atoms with Crippen LogP contribution in [0.1, 0.15) is 43.0 Å². The van der Waals surface area contributed by atoms with E-state index in [4.69, 9.17) is 18.9 Å². The second-order valence-electron chi connectivity index (χ2n) is 8.28. The molecule has 166 valence electrons. The van der Waals surface area contributed by atoms with Gasteiger partial charge in [-0.05, 0) is 54.2 Å². The Labute approximate surface area is 186 Å². The molecule has 4 nitrogen and oxygen atoms in total. The standard InChI is InChI=1S/C27H34O4/c1-6-9-20-15-22(11-13-25(20)30-18-24-17-29-24)27(4,5)23-12-14-26(31-19-28-8-3)21(16-23)10-7-2/h6-7,11-16,24H,1-2,8-10,17-19H2,3-5H3. The van der Waals surface area contributed by atoms with Gasteiger partial charge in [-0.15, -0.1) is 13.2 Å². The summed E-state index contributed by atoms with van der Waals surface area (Å²) >= 11 is 0. The molecule has 1 aliphatic heterocycles. The molecule has 4 heteroatoms. The highest BCUT2D eigenvalue weighted by Crippen LogP contribution is 2.36. The molecule has 1 saturated heterocycles. The van der Waals surface area contributed by atoms with E-state index in [9.17, 15) is 0 Å². The summed E-state index contributed by atoms with van der Waals surface area (Å²) in [6.07, 6.45) is 5.55. The zero-order valence-corrected chi connectivity index (χ0v) is 19.0. The maximum absolute atomic E-state index is 5.99. The van der Waals surface area contributed by atoms with E-state index in [1.807, 2.05) is 25.1 Å². The molecule has 1 unspecified atom stereocenters. The van der Waals surface area contributed by atoms with E-state index in [2.05, 4.69) is 57.3 Å². The van der Waals surface area contributed by atoms with Crippen LogP contribution < -0.4 is 9.47 Å². The van der Waals surface area contributed by atoms with Crippen molar-refractivity contribution >= 4 is 0 Å². The van der Waals surface area contributed by atoms with Crippen LogP contribution in [0.2, 0.25) is 0 Å². The SMILES string of the molecule is C=CCc1cc(C(C)(C)c2ccc(OCC3CO3)c(CC=C)c2)ccc1OCOCC. The van der Waals surface area contributed by atoms with Gasteiger partial charge in [-0.3, -0.25) is 0 Å². The molecule has 0 N–H and O–H groups in total. The minimum absolute atomic E-state index is 0.192. The summed E-state index contributed by atoms with van der Waals surface area (Å²) in [5.74, 6) is 1.74. The van der Waals surface area contributed by atoms with Crippen molar-refractivity contribution in [1.29, 1.82) is 0 Å². The van der Waals surface area contributed by atoms with Gasteiger partial charge in [0.1, 0.15) is 24.2 Å². The second-order valence-corrected chi connectivity index (χ2v) is 8.28. The topological polar surface area (TPSA) is 40.2 Å². The van der Waals surface area contributed by atoms with Crippen molar-refractivity contribution in [2.45, 2.75) is 45.1 Å². The van der Waals surface area contributed by atoms with Crippen LogP contribution in [0.5, 0.6) is 11.5 Å². The van der Waals surface area contributed by atoms with Crippen LogP contribution in [0, 0.1) is 0 Å². The average Bonchev–Trinajstić information content (AvgIpc) is 3.59. The van der Waals surface area contributed by atoms with Crippen molar-refractivity contribution in [2.75, 3.05) is 26.6 Å². The summed E-state index contributed by atoms with van der Waals surface area (Å²) in [6.45, 7) is 16.5. The largest absolute Gasteiger partial charge is 0.490 e. The molecule has 1 atom stereocenters. The first-order valence-corrected chi connectivity index (χ1v) is 10.9. The lowest BCUT2D eigenvalue weighted by Gasteiger charge is -2.28. The average molecular weight is 423 g/mol. The Morgan fingerprint density at radius 2 is 1.52 bits per heavy atom. The molecule has 0 bridgehead atoms. The summed E-state index contributed by atoms with van der Waals surface area (Å²) < 4.78 is 22.4. The van der Waals surface area contributed by atoms with E-state index < -0.39 is 0 Å². The van der Waals surface area contributed by atoms with Crippen LogP contribution >= 0.6 is 0 Å². The third kappa shape index (κ3) is 5.99. The minimum Gasteiger partial charge on any atom is -0.490 e. The first-order chi connectivity index (χ1) is 15.0. The van der Waals surface area contributed by atoms with Crippen molar-refractivity contribution in [3.05, 3.63) is 84.0 Å². The normalized spacial score (nSPS) is 15.4. The van der Waals surface area contributed by atoms with Crippen molar-refractivity contribution in [1.82, 2.24) is 0 Å². The summed E-state index contributed by atoms with van der Waals surface area (Å²) in [4.78, 5) is 0. The van der Waals surface area contributed by atoms with Gasteiger partial charge < -0.3 is 18.9 Å². The fourth-order valence-corrected chi connectivity index (χ4v) is 3.55. The van der Waals surface area contributed by atoms with Crippen LogP contribution in [0.15, 0.2) is 61.7 Å². The molecule has 2 aromatic carbocycles. The van der Waals surface area contributed by atoms with Crippen LogP contribution in [0.25, 0.3) is 0 Å². The minimum atomic E-state index is -0.192. The number of benzene rings is 2. The molecule has 0 spiro atoms. The Hall–Kier alpha value is -2.56. The van der Waals surface area contributed by atoms with Crippen molar-refractivity contribution in [2.24, 2.45) is 0 Å². The van der Waals surface area contributed by atoms with Gasteiger partial charge in [-0.25, -0.2) is 0 Å². The van der Waals surface area contributed by atoms with E-state index in [0.29, 0.717) is 13.2 Å². The molecule has 0 aliphatic carbocycles. The Kier molecular flexibility index (Phi) is 7.94. The van der Waals surface area contributed by atoms with Crippen LogP contribution in [-0.4, -0.2) is 32.7 Å². The quantitative estimate of drug-likeness (QED) is 0.182. The summed E-state index contributed by atoms with van der Waals surface area (Å²) in [5.41, 5.74) is 4.51. The van der Waals surface area contributed by atoms with Gasteiger partial charge >= 0.3 is 0 Å². The molecule has 1 aliphatic rings. The van der Waals surface area contributed by atoms with Crippen LogP contribution in [0.4, 0.5) is 0 Å². The number of hydrogen-bond donors (Lipinski definition) is 0. The van der Waals surface area contributed by atoms with Crippen molar-refractivity contribution in [3.8, 4) is 11.5 Å². The first-order valence-electron chi connectivity index (χ1n) is 10.9. The molecular formula is C27H34O4. The van der Waals surface area contributed by atoms with E-state index in [-0.39, 0.29) is 18.3 Å². The van der Waals surface area contributed by atoms with Crippen LogP contribution in [-0.2, 0) is 27.7 Å². The van der Waals surface area contributed by atoms with E-state index in [1.165, 1.54) is 11.1 Å². The molecule has 0 amide bonds. The monoisotopic (exact) mass is 422 g/mol. The maximum atomic E-state index is 5.99. The Morgan fingerprint density at radius 3 is 2.00 bits per heavy atom. The molecule has 0 radical (unpaired) electrons. The molecular weight excluding hydrogens is 388 g/mol. The predicted molar refractivity (Wildman–Crippen MR) is 125 cm³/mol. The van der Waals surface area contributed by atoms with Crippen LogP contribution in [0.3, 0.4) is 0 Å². The molecule has 31 heavy (non-hydrogen) atoms. The van der Waals surface area contributed by atoms with Gasteiger partial charge in [0, 0.05) is 12.0 Å². The first kappa shape index (κ1) is 23.1. The number of rotatable bonds is 13. The smallest absolute Gasteiger partial charge is 0.189 e. The van der Waals surface area contributed by atoms with E-state index in [1.54, 1.807) is 0 Å². The lowest BCUT2D eigenvalue weighted by molar-refractivity contribution is 0.0219. The highest BCUT2D eigenvalue weighted by molar-refractivity contribution is 5.48. The molecule has 0 aromatic heterocycles. The van der Waals surface area contributed by atoms with E-state index >= 15 is 0 Å². The number of epoxide rings is 1. The fourth-order valence-electron chi connectivity index (χ4n) is 3.55. The zero-order chi connectivity index (χ0) is 22.3. The fraction of sp³-hybridized carbons (Fsp3) is 0.407. The second kappa shape index (κ2) is 10.7. The number of allylic oxidation sites excluding steroid dienone is 2. The summed E-state index contributed by atoms with van der Waals surface area (Å²) in [7, 11) is 0. The van der Waals surface area contributed by atoms with Crippen molar-refractivity contribution < 1.29 is 18.9 Å². The number of ether oxygens (including phenoxy) is 4. The third-order valence-corrected chi connectivity index (χ3v) is 5.62. The molecule has 2 aromatic rings. The Bertz CT molecular complexity index is 896. The zero-order valence-electron chi connectivity index (χ0n) is 19.0. The van der Waals surface area contributed by atoms with Gasteiger partial charge in [0.05, 0.1) is 6.61 Å². The number of hydrogen-bond acceptors (Lipinski definition) is 4. The van der Waals surface area contributed by atoms with Gasteiger partial charge in [-0.1, -0.05) is 50.3 Å². The molecule has 0 saturated carbocycles. The lowest BCUT2D eigenvalue weighted by atomic mass is 9.77. The highest BCUT2D eigenvalue weighted by Gasteiger charge is 2.26. The molecule has 1 fully saturated rings. The van der Waals surface area contributed by atoms with Crippen molar-refractivity contribution in [3.63, 3.8) is 0 Å². The maximum Gasteiger partial charge on any atom is 0.189 e. The summed E-state index contributed by atoms with van der Waals surface area (Å²) in [6, 6.07) is 12.8. The summed E-state index contributed by atoms with van der Waals surface area (Å²) in [5, 5.41) is 0. The Balaban J connectivity index is 1.88. The lowest BCUT2D eigenvalue weighted by Crippen LogP contribution is -2.20. The van der Waals surface area contributed by atoms with Gasteiger partial charge in [0.25, 0.3) is 0 Å². The Morgan fingerprint density at radius 1 is 0.968 bits per heavy atom.